The SMILES string of the molecule is Cc1ccc(S(=O)(=O)Nc2ccc(N3CCCC3=O)cc2)c(Cl)c1. The largest absolute Gasteiger partial charge is 0.312 e. The number of benzene rings is 2. The molecule has 1 fully saturated rings. The summed E-state index contributed by atoms with van der Waals surface area (Å²) in [7, 11) is -3.77. The summed E-state index contributed by atoms with van der Waals surface area (Å²) in [5, 5.41) is 0.182. The first-order valence-corrected chi connectivity index (χ1v) is 9.42. The van der Waals surface area contributed by atoms with Crippen LogP contribution in [0.2, 0.25) is 5.02 Å². The van der Waals surface area contributed by atoms with Crippen molar-refractivity contribution in [3.05, 3.63) is 53.1 Å². The molecule has 2 aromatic rings. The Balaban J connectivity index is 1.81. The lowest BCUT2D eigenvalue weighted by Crippen LogP contribution is -2.23. The summed E-state index contributed by atoms with van der Waals surface area (Å²) in [6.07, 6.45) is 1.40. The molecule has 3 rings (SSSR count). The molecule has 126 valence electrons. The number of carbonyl (C=O) groups excluding carboxylic acids is 1. The van der Waals surface area contributed by atoms with Crippen LogP contribution in [0, 0.1) is 6.92 Å². The fourth-order valence-electron chi connectivity index (χ4n) is 2.66. The molecule has 7 heteroatoms. The van der Waals surface area contributed by atoms with Crippen LogP contribution in [0.5, 0.6) is 0 Å². The van der Waals surface area contributed by atoms with Crippen molar-refractivity contribution in [3.63, 3.8) is 0 Å². The predicted molar refractivity (Wildman–Crippen MR) is 95.0 cm³/mol. The van der Waals surface area contributed by atoms with E-state index < -0.39 is 10.0 Å². The van der Waals surface area contributed by atoms with Crippen molar-refractivity contribution in [1.29, 1.82) is 0 Å². The molecule has 1 saturated heterocycles. The van der Waals surface area contributed by atoms with E-state index in [1.54, 1.807) is 41.3 Å². The first-order valence-electron chi connectivity index (χ1n) is 7.56. The molecule has 0 atom stereocenters. The molecule has 5 nitrogen and oxygen atoms in total. The first-order chi connectivity index (χ1) is 11.4. The van der Waals surface area contributed by atoms with Gasteiger partial charge in [-0.2, -0.15) is 0 Å². The Morgan fingerprint density at radius 3 is 2.42 bits per heavy atom. The van der Waals surface area contributed by atoms with E-state index >= 15 is 0 Å². The number of nitrogens with one attached hydrogen (secondary N) is 1. The third kappa shape index (κ3) is 3.39. The third-order valence-corrected chi connectivity index (χ3v) is 5.75. The van der Waals surface area contributed by atoms with Crippen molar-refractivity contribution in [2.45, 2.75) is 24.7 Å². The Morgan fingerprint density at radius 1 is 1.12 bits per heavy atom. The van der Waals surface area contributed by atoms with E-state index in [9.17, 15) is 13.2 Å². The highest BCUT2D eigenvalue weighted by Crippen LogP contribution is 2.27. The molecule has 2 aromatic carbocycles. The van der Waals surface area contributed by atoms with E-state index in [2.05, 4.69) is 4.72 Å². The van der Waals surface area contributed by atoms with Crippen molar-refractivity contribution >= 4 is 38.9 Å². The fourth-order valence-corrected chi connectivity index (χ4v) is 4.32. The lowest BCUT2D eigenvalue weighted by molar-refractivity contribution is -0.117. The average molecular weight is 365 g/mol. The van der Waals surface area contributed by atoms with Gasteiger partial charge < -0.3 is 4.90 Å². The Kier molecular flexibility index (Phi) is 4.51. The minimum Gasteiger partial charge on any atom is -0.312 e. The first kappa shape index (κ1) is 16.8. The van der Waals surface area contributed by atoms with Crippen LogP contribution in [0.15, 0.2) is 47.4 Å². The van der Waals surface area contributed by atoms with E-state index in [0.717, 1.165) is 17.7 Å². The summed E-state index contributed by atoms with van der Waals surface area (Å²) in [6.45, 7) is 2.54. The Labute approximate surface area is 146 Å². The van der Waals surface area contributed by atoms with Crippen molar-refractivity contribution < 1.29 is 13.2 Å². The number of hydrogen-bond donors (Lipinski definition) is 1. The quantitative estimate of drug-likeness (QED) is 0.901. The maximum absolute atomic E-state index is 12.5. The van der Waals surface area contributed by atoms with Crippen LogP contribution < -0.4 is 9.62 Å². The molecule has 1 aliphatic heterocycles. The van der Waals surface area contributed by atoms with Crippen LogP contribution in [-0.4, -0.2) is 20.9 Å². The molecule has 1 amide bonds. The van der Waals surface area contributed by atoms with Gasteiger partial charge in [0.05, 0.1) is 5.02 Å². The molecule has 1 heterocycles. The molecule has 1 N–H and O–H groups in total. The van der Waals surface area contributed by atoms with Gasteiger partial charge in [-0.15, -0.1) is 0 Å². The maximum atomic E-state index is 12.5. The van der Waals surface area contributed by atoms with E-state index in [1.807, 2.05) is 6.92 Å². The van der Waals surface area contributed by atoms with Gasteiger partial charge in [-0.1, -0.05) is 17.7 Å². The van der Waals surface area contributed by atoms with E-state index in [-0.39, 0.29) is 15.8 Å². The second-order valence-corrected chi connectivity index (χ2v) is 7.79. The van der Waals surface area contributed by atoms with Gasteiger partial charge in [0.15, 0.2) is 0 Å². The highest BCUT2D eigenvalue weighted by Gasteiger charge is 2.22. The number of nitrogens with zero attached hydrogens (tertiary/aromatic N) is 1. The fraction of sp³-hybridized carbons (Fsp3) is 0.235. The third-order valence-electron chi connectivity index (χ3n) is 3.88. The number of sulfonamides is 1. The zero-order valence-corrected chi connectivity index (χ0v) is 14.7. The minimum atomic E-state index is -3.77. The van der Waals surface area contributed by atoms with Crippen LogP contribution in [-0.2, 0) is 14.8 Å². The van der Waals surface area contributed by atoms with Crippen molar-refractivity contribution in [2.75, 3.05) is 16.2 Å². The molecular formula is C17H17ClN2O3S. The second kappa shape index (κ2) is 6.45. The van der Waals surface area contributed by atoms with Gasteiger partial charge in [0.25, 0.3) is 10.0 Å². The molecule has 0 saturated carbocycles. The van der Waals surface area contributed by atoms with Crippen molar-refractivity contribution in [3.8, 4) is 0 Å². The van der Waals surface area contributed by atoms with Gasteiger partial charge in [0, 0.05) is 24.3 Å². The highest BCUT2D eigenvalue weighted by atomic mass is 35.5. The topological polar surface area (TPSA) is 66.5 Å². The monoisotopic (exact) mass is 364 g/mol. The van der Waals surface area contributed by atoms with Gasteiger partial charge in [0.2, 0.25) is 5.91 Å². The maximum Gasteiger partial charge on any atom is 0.263 e. The van der Waals surface area contributed by atoms with Crippen LogP contribution >= 0.6 is 11.6 Å². The zero-order chi connectivity index (χ0) is 17.3. The molecule has 0 spiro atoms. The van der Waals surface area contributed by atoms with Crippen LogP contribution in [0.3, 0.4) is 0 Å². The normalized spacial score (nSPS) is 14.9. The van der Waals surface area contributed by atoms with Gasteiger partial charge in [0.1, 0.15) is 4.90 Å². The van der Waals surface area contributed by atoms with Gasteiger partial charge in [-0.05, 0) is 55.3 Å². The number of carbonyl (C=O) groups is 1. The van der Waals surface area contributed by atoms with Crippen molar-refractivity contribution in [2.24, 2.45) is 0 Å². The van der Waals surface area contributed by atoms with Crippen LogP contribution in [0.25, 0.3) is 0 Å². The second-order valence-electron chi connectivity index (χ2n) is 5.74. The van der Waals surface area contributed by atoms with E-state index in [0.29, 0.717) is 18.7 Å². The van der Waals surface area contributed by atoms with Gasteiger partial charge in [-0.3, -0.25) is 9.52 Å². The highest BCUT2D eigenvalue weighted by molar-refractivity contribution is 7.92. The van der Waals surface area contributed by atoms with E-state index in [1.165, 1.54) is 6.07 Å². The minimum absolute atomic E-state index is 0.0357. The number of hydrogen-bond acceptors (Lipinski definition) is 3. The Morgan fingerprint density at radius 2 is 1.83 bits per heavy atom. The Hall–Kier alpha value is -2.05. The average Bonchev–Trinajstić information content (AvgIpc) is 2.93. The van der Waals surface area contributed by atoms with Crippen LogP contribution in [0.1, 0.15) is 18.4 Å². The summed E-state index contributed by atoms with van der Waals surface area (Å²) in [4.78, 5) is 13.5. The number of aryl methyl sites for hydroxylation is 1. The number of anilines is 2. The molecule has 0 aliphatic carbocycles. The lowest BCUT2D eigenvalue weighted by Gasteiger charge is -2.16. The summed E-state index contributed by atoms with van der Waals surface area (Å²) in [5.74, 6) is 0.0924. The molecule has 1 aliphatic rings. The summed E-state index contributed by atoms with van der Waals surface area (Å²) in [6, 6.07) is 11.5. The molecule has 0 aromatic heterocycles. The number of halogens is 1. The zero-order valence-electron chi connectivity index (χ0n) is 13.1. The number of amides is 1. The summed E-state index contributed by atoms with van der Waals surface area (Å²) < 4.78 is 27.4. The summed E-state index contributed by atoms with van der Waals surface area (Å²) >= 11 is 6.04. The molecule has 0 unspecified atom stereocenters. The molecule has 24 heavy (non-hydrogen) atoms. The number of rotatable bonds is 4. The molecular weight excluding hydrogens is 348 g/mol. The van der Waals surface area contributed by atoms with Gasteiger partial charge >= 0.3 is 0 Å². The van der Waals surface area contributed by atoms with E-state index in [4.69, 9.17) is 11.6 Å². The predicted octanol–water partition coefficient (Wildman–Crippen LogP) is 3.58. The summed E-state index contributed by atoms with van der Waals surface area (Å²) in [5.41, 5.74) is 2.08. The standard InChI is InChI=1S/C17H17ClN2O3S/c1-12-4-9-16(15(18)11-12)24(22,23)19-13-5-7-14(8-6-13)20-10-2-3-17(20)21/h4-9,11,19H,2-3,10H2,1H3. The van der Waals surface area contributed by atoms with Crippen LogP contribution in [0.4, 0.5) is 11.4 Å². The van der Waals surface area contributed by atoms with Gasteiger partial charge in [-0.25, -0.2) is 8.42 Å². The Bertz CT molecular complexity index is 879. The van der Waals surface area contributed by atoms with Crippen molar-refractivity contribution in [1.82, 2.24) is 0 Å². The molecule has 0 bridgehead atoms. The lowest BCUT2D eigenvalue weighted by atomic mass is 10.2. The smallest absolute Gasteiger partial charge is 0.263 e. The molecule has 0 radical (unpaired) electrons.